The number of hydrogen-bond donors (Lipinski definition) is 1. The van der Waals surface area contributed by atoms with Crippen molar-refractivity contribution in [3.8, 4) is 0 Å². The zero-order valence-corrected chi connectivity index (χ0v) is 11.1. The summed E-state index contributed by atoms with van der Waals surface area (Å²) in [6, 6.07) is 0. The summed E-state index contributed by atoms with van der Waals surface area (Å²) in [6.45, 7) is 3.67. The first kappa shape index (κ1) is 13.0. The van der Waals surface area contributed by atoms with E-state index in [4.69, 9.17) is 4.74 Å². The van der Waals surface area contributed by atoms with Crippen LogP contribution in [-0.4, -0.2) is 24.9 Å². The predicted molar refractivity (Wildman–Crippen MR) is 67.4 cm³/mol. The van der Waals surface area contributed by atoms with Gasteiger partial charge >= 0.3 is 0 Å². The van der Waals surface area contributed by atoms with Gasteiger partial charge < -0.3 is 10.1 Å². The molecule has 0 aliphatic rings. The Hall–Kier alpha value is -0.100. The molecule has 0 unspecified atom stereocenters. The lowest BCUT2D eigenvalue weighted by Crippen LogP contribution is -2.06. The van der Waals surface area contributed by atoms with Crippen LogP contribution in [0.2, 0.25) is 0 Å². The molecule has 0 spiro atoms. The molecule has 0 saturated heterocycles. The first-order valence-corrected chi connectivity index (χ1v) is 6.97. The molecule has 1 heterocycles. The van der Waals surface area contributed by atoms with Crippen LogP contribution in [0.3, 0.4) is 0 Å². The molecule has 1 aromatic heterocycles. The molecule has 86 valence electrons. The first-order chi connectivity index (χ1) is 7.31. The molecule has 1 rings (SSSR count). The molecule has 0 radical (unpaired) electrons. The fourth-order valence-electron chi connectivity index (χ4n) is 1.24. The van der Waals surface area contributed by atoms with E-state index >= 15 is 0 Å². The molecule has 5 heteroatoms. The minimum absolute atomic E-state index is 0.615. The highest BCUT2D eigenvalue weighted by Gasteiger charge is 2.09. The topological polar surface area (TPSA) is 34.1 Å². The second kappa shape index (κ2) is 7.22. The SMILES string of the molecule is CCSCc1nc(COC)c(CNC)s1. The highest BCUT2D eigenvalue weighted by Crippen LogP contribution is 2.23. The Morgan fingerprint density at radius 3 is 2.93 bits per heavy atom. The van der Waals surface area contributed by atoms with Gasteiger partial charge in [-0.2, -0.15) is 11.8 Å². The van der Waals surface area contributed by atoms with E-state index < -0.39 is 0 Å². The molecular weight excluding hydrogens is 228 g/mol. The number of rotatable bonds is 7. The molecule has 15 heavy (non-hydrogen) atoms. The maximum atomic E-state index is 5.14. The highest BCUT2D eigenvalue weighted by molar-refractivity contribution is 7.98. The largest absolute Gasteiger partial charge is 0.378 e. The average molecular weight is 246 g/mol. The van der Waals surface area contributed by atoms with Crippen molar-refractivity contribution in [1.29, 1.82) is 0 Å². The lowest BCUT2D eigenvalue weighted by Gasteiger charge is -1.98. The summed E-state index contributed by atoms with van der Waals surface area (Å²) in [5.74, 6) is 2.15. The molecule has 1 N–H and O–H groups in total. The van der Waals surface area contributed by atoms with E-state index in [-0.39, 0.29) is 0 Å². The number of aromatic nitrogens is 1. The Morgan fingerprint density at radius 2 is 2.33 bits per heavy atom. The van der Waals surface area contributed by atoms with Gasteiger partial charge in [0.05, 0.1) is 12.3 Å². The summed E-state index contributed by atoms with van der Waals surface area (Å²) in [4.78, 5) is 5.89. The van der Waals surface area contributed by atoms with Crippen LogP contribution >= 0.6 is 23.1 Å². The third-order valence-corrected chi connectivity index (χ3v) is 4.04. The number of nitrogens with one attached hydrogen (secondary N) is 1. The van der Waals surface area contributed by atoms with Crippen LogP contribution in [0, 0.1) is 0 Å². The van der Waals surface area contributed by atoms with Crippen LogP contribution in [0.4, 0.5) is 0 Å². The number of ether oxygens (including phenoxy) is 1. The summed E-state index contributed by atoms with van der Waals surface area (Å²) in [7, 11) is 3.67. The van der Waals surface area contributed by atoms with E-state index in [0.717, 1.165) is 23.7 Å². The molecule has 0 amide bonds. The first-order valence-electron chi connectivity index (χ1n) is 5.00. The highest BCUT2D eigenvalue weighted by atomic mass is 32.2. The van der Waals surface area contributed by atoms with Gasteiger partial charge in [-0.05, 0) is 12.8 Å². The van der Waals surface area contributed by atoms with Crippen molar-refractivity contribution in [2.75, 3.05) is 19.9 Å². The van der Waals surface area contributed by atoms with Gasteiger partial charge in [-0.1, -0.05) is 6.92 Å². The maximum absolute atomic E-state index is 5.14. The van der Waals surface area contributed by atoms with Crippen molar-refractivity contribution in [2.24, 2.45) is 0 Å². The van der Waals surface area contributed by atoms with Crippen LogP contribution < -0.4 is 5.32 Å². The lowest BCUT2D eigenvalue weighted by molar-refractivity contribution is 0.181. The average Bonchev–Trinajstić information content (AvgIpc) is 2.59. The Bertz CT molecular complexity index is 265. The third kappa shape index (κ3) is 4.10. The molecule has 0 fully saturated rings. The van der Waals surface area contributed by atoms with Crippen molar-refractivity contribution in [3.05, 3.63) is 15.6 Å². The summed E-state index contributed by atoms with van der Waals surface area (Å²) >= 11 is 3.70. The van der Waals surface area contributed by atoms with E-state index in [1.54, 1.807) is 18.4 Å². The van der Waals surface area contributed by atoms with Crippen LogP contribution in [0.1, 0.15) is 22.5 Å². The summed E-state index contributed by atoms with van der Waals surface area (Å²) < 4.78 is 5.14. The van der Waals surface area contributed by atoms with E-state index in [2.05, 4.69) is 17.2 Å². The molecular formula is C10H18N2OS2. The molecule has 0 atom stereocenters. The van der Waals surface area contributed by atoms with E-state index in [0.29, 0.717) is 6.61 Å². The summed E-state index contributed by atoms with van der Waals surface area (Å²) in [5.41, 5.74) is 1.09. The second-order valence-electron chi connectivity index (χ2n) is 3.08. The second-order valence-corrected chi connectivity index (χ2v) is 5.52. The minimum atomic E-state index is 0.615. The molecule has 0 saturated carbocycles. The lowest BCUT2D eigenvalue weighted by atomic mass is 10.4. The van der Waals surface area contributed by atoms with Crippen molar-refractivity contribution in [2.45, 2.75) is 25.8 Å². The van der Waals surface area contributed by atoms with Crippen LogP contribution in [0.15, 0.2) is 0 Å². The number of thioether (sulfide) groups is 1. The standard InChI is InChI=1S/C10H18N2OS2/c1-4-14-7-10-12-8(6-13-3)9(15-10)5-11-2/h11H,4-7H2,1-3H3. The Morgan fingerprint density at radius 1 is 1.53 bits per heavy atom. The van der Waals surface area contributed by atoms with Crippen molar-refractivity contribution < 1.29 is 4.74 Å². The normalized spacial score (nSPS) is 10.9. The summed E-state index contributed by atoms with van der Waals surface area (Å²) in [6.07, 6.45) is 0. The number of hydrogen-bond acceptors (Lipinski definition) is 5. The van der Waals surface area contributed by atoms with Gasteiger partial charge in [0.2, 0.25) is 0 Å². The maximum Gasteiger partial charge on any atom is 0.103 e. The molecule has 1 aromatic rings. The van der Waals surface area contributed by atoms with Gasteiger partial charge in [0.1, 0.15) is 5.01 Å². The molecule has 0 aromatic carbocycles. The van der Waals surface area contributed by atoms with E-state index in [1.807, 2.05) is 18.8 Å². The summed E-state index contributed by atoms with van der Waals surface area (Å²) in [5, 5.41) is 4.37. The van der Waals surface area contributed by atoms with Crippen molar-refractivity contribution >= 4 is 23.1 Å². The quantitative estimate of drug-likeness (QED) is 0.800. The fraction of sp³-hybridized carbons (Fsp3) is 0.700. The monoisotopic (exact) mass is 246 g/mol. The smallest absolute Gasteiger partial charge is 0.103 e. The Balaban J connectivity index is 2.68. The number of methoxy groups -OCH3 is 1. The van der Waals surface area contributed by atoms with Gasteiger partial charge in [-0.25, -0.2) is 4.98 Å². The minimum Gasteiger partial charge on any atom is -0.378 e. The molecule has 0 aliphatic heterocycles. The number of nitrogens with zero attached hydrogens (tertiary/aromatic N) is 1. The van der Waals surface area contributed by atoms with Crippen LogP contribution in [0.25, 0.3) is 0 Å². The van der Waals surface area contributed by atoms with Gasteiger partial charge in [0.15, 0.2) is 0 Å². The molecule has 3 nitrogen and oxygen atoms in total. The zero-order chi connectivity index (χ0) is 11.1. The van der Waals surface area contributed by atoms with Gasteiger partial charge in [0.25, 0.3) is 0 Å². The molecule has 0 bridgehead atoms. The fourth-order valence-corrected chi connectivity index (χ4v) is 3.04. The Labute approximate surface area is 99.6 Å². The van der Waals surface area contributed by atoms with Crippen molar-refractivity contribution in [3.63, 3.8) is 0 Å². The Kier molecular flexibility index (Phi) is 6.24. The van der Waals surface area contributed by atoms with E-state index in [9.17, 15) is 0 Å². The van der Waals surface area contributed by atoms with Crippen molar-refractivity contribution in [1.82, 2.24) is 10.3 Å². The van der Waals surface area contributed by atoms with Gasteiger partial charge in [-0.3, -0.25) is 0 Å². The van der Waals surface area contributed by atoms with Gasteiger partial charge in [0, 0.05) is 24.3 Å². The van der Waals surface area contributed by atoms with E-state index in [1.165, 1.54) is 9.88 Å². The third-order valence-electron chi connectivity index (χ3n) is 1.87. The van der Waals surface area contributed by atoms with Crippen LogP contribution in [0.5, 0.6) is 0 Å². The molecule has 0 aliphatic carbocycles. The number of thiazole rings is 1. The zero-order valence-electron chi connectivity index (χ0n) is 9.50. The van der Waals surface area contributed by atoms with Gasteiger partial charge in [-0.15, -0.1) is 11.3 Å². The predicted octanol–water partition coefficient (Wildman–Crippen LogP) is 2.26. The van der Waals surface area contributed by atoms with Crippen LogP contribution in [-0.2, 0) is 23.6 Å².